The predicted molar refractivity (Wildman–Crippen MR) is 92.8 cm³/mol. The number of aromatic nitrogens is 1. The van der Waals surface area contributed by atoms with Crippen molar-refractivity contribution >= 4 is 28.2 Å². The summed E-state index contributed by atoms with van der Waals surface area (Å²) in [5, 5.41) is 7.12. The Morgan fingerprint density at radius 3 is 2.68 bits per heavy atom. The fourth-order valence-corrected chi connectivity index (χ4v) is 2.60. The first-order valence-electron chi connectivity index (χ1n) is 7.55. The average Bonchev–Trinajstić information content (AvgIpc) is 2.93. The molecule has 2 aromatic rings. The van der Waals surface area contributed by atoms with Gasteiger partial charge in [0.05, 0.1) is 11.3 Å². The molecule has 1 heterocycles. The van der Waals surface area contributed by atoms with Crippen molar-refractivity contribution in [2.45, 2.75) is 32.6 Å². The molecular formula is C16H19F3N4OS. The van der Waals surface area contributed by atoms with Gasteiger partial charge in [0.15, 0.2) is 5.13 Å². The summed E-state index contributed by atoms with van der Waals surface area (Å²) < 4.78 is 38.0. The summed E-state index contributed by atoms with van der Waals surface area (Å²) in [6.07, 6.45) is -4.46. The van der Waals surface area contributed by atoms with E-state index in [-0.39, 0.29) is 5.69 Å². The molecular weight excluding hydrogens is 353 g/mol. The van der Waals surface area contributed by atoms with Crippen LogP contribution in [0.3, 0.4) is 0 Å². The maximum Gasteiger partial charge on any atom is 0.416 e. The molecule has 2 rings (SSSR count). The van der Waals surface area contributed by atoms with Gasteiger partial charge in [-0.1, -0.05) is 6.07 Å². The number of carbonyl (C=O) groups excluding carboxylic acids is 1. The van der Waals surface area contributed by atoms with E-state index >= 15 is 0 Å². The molecule has 0 fully saturated rings. The van der Waals surface area contributed by atoms with Crippen molar-refractivity contribution in [3.63, 3.8) is 0 Å². The first-order chi connectivity index (χ1) is 11.6. The number of alkyl halides is 3. The molecule has 25 heavy (non-hydrogen) atoms. The van der Waals surface area contributed by atoms with Crippen molar-refractivity contribution in [2.24, 2.45) is 0 Å². The fraction of sp³-hybridized carbons (Fsp3) is 0.375. The van der Waals surface area contributed by atoms with Gasteiger partial charge in [-0.05, 0) is 39.1 Å². The van der Waals surface area contributed by atoms with Gasteiger partial charge in [-0.25, -0.2) is 9.78 Å². The van der Waals surface area contributed by atoms with E-state index in [0.29, 0.717) is 17.7 Å². The van der Waals surface area contributed by atoms with Crippen LogP contribution in [0.15, 0.2) is 29.6 Å². The van der Waals surface area contributed by atoms with Gasteiger partial charge < -0.3 is 5.32 Å². The van der Waals surface area contributed by atoms with Crippen molar-refractivity contribution < 1.29 is 18.0 Å². The molecule has 0 bridgehead atoms. The first-order valence-corrected chi connectivity index (χ1v) is 8.43. The molecule has 2 amide bonds. The number of halogens is 3. The number of nitrogens with zero attached hydrogens (tertiary/aromatic N) is 2. The van der Waals surface area contributed by atoms with Crippen LogP contribution in [0.5, 0.6) is 0 Å². The third kappa shape index (κ3) is 5.71. The number of carbonyl (C=O) groups is 1. The van der Waals surface area contributed by atoms with Crippen LogP contribution < -0.4 is 10.6 Å². The van der Waals surface area contributed by atoms with Gasteiger partial charge in [0, 0.05) is 23.7 Å². The van der Waals surface area contributed by atoms with E-state index in [1.54, 1.807) is 0 Å². The Kier molecular flexibility index (Phi) is 6.02. The van der Waals surface area contributed by atoms with Crippen LogP contribution in [0, 0.1) is 0 Å². The molecule has 1 aromatic carbocycles. The van der Waals surface area contributed by atoms with E-state index in [1.165, 1.54) is 23.5 Å². The summed E-state index contributed by atoms with van der Waals surface area (Å²) in [7, 11) is 1.97. The molecule has 0 atom stereocenters. The summed E-state index contributed by atoms with van der Waals surface area (Å²) in [4.78, 5) is 18.3. The molecule has 0 spiro atoms. The van der Waals surface area contributed by atoms with E-state index in [0.717, 1.165) is 17.8 Å². The molecule has 0 unspecified atom stereocenters. The standard InChI is InChI=1S/C16H19F3N4OS/c1-10(2)23(3)8-13-9-25-15(21-13)22-14(24)20-12-6-4-5-11(7-12)16(17,18)19/h4-7,9-10H,8H2,1-3H3,(H2,20,21,22,24). The van der Waals surface area contributed by atoms with Gasteiger partial charge in [-0.3, -0.25) is 10.2 Å². The highest BCUT2D eigenvalue weighted by Crippen LogP contribution is 2.30. The van der Waals surface area contributed by atoms with Crippen molar-refractivity contribution in [1.82, 2.24) is 9.88 Å². The Hall–Kier alpha value is -2.13. The third-order valence-electron chi connectivity index (χ3n) is 3.51. The van der Waals surface area contributed by atoms with Gasteiger partial charge in [0.25, 0.3) is 0 Å². The number of thiazole rings is 1. The predicted octanol–water partition coefficient (Wildman–Crippen LogP) is 4.65. The lowest BCUT2D eigenvalue weighted by atomic mass is 10.2. The third-order valence-corrected chi connectivity index (χ3v) is 4.32. The number of anilines is 2. The molecule has 0 radical (unpaired) electrons. The minimum Gasteiger partial charge on any atom is -0.308 e. The minimum absolute atomic E-state index is 0.0589. The highest BCUT2D eigenvalue weighted by atomic mass is 32.1. The van der Waals surface area contributed by atoms with Crippen LogP contribution in [0.1, 0.15) is 25.1 Å². The summed E-state index contributed by atoms with van der Waals surface area (Å²) in [6.45, 7) is 4.77. The van der Waals surface area contributed by atoms with Gasteiger partial charge >= 0.3 is 12.2 Å². The second-order valence-electron chi connectivity index (χ2n) is 5.81. The molecule has 1 aromatic heterocycles. The zero-order valence-electron chi connectivity index (χ0n) is 14.0. The van der Waals surface area contributed by atoms with Crippen molar-refractivity contribution in [2.75, 3.05) is 17.7 Å². The number of urea groups is 1. The lowest BCUT2D eigenvalue weighted by Crippen LogP contribution is -2.25. The molecule has 9 heteroatoms. The zero-order chi connectivity index (χ0) is 18.6. The fourth-order valence-electron chi connectivity index (χ4n) is 1.91. The largest absolute Gasteiger partial charge is 0.416 e. The second kappa shape index (κ2) is 7.83. The van der Waals surface area contributed by atoms with Crippen molar-refractivity contribution in [3.05, 3.63) is 40.9 Å². The van der Waals surface area contributed by atoms with E-state index in [2.05, 4.69) is 34.4 Å². The Morgan fingerprint density at radius 2 is 2.04 bits per heavy atom. The van der Waals surface area contributed by atoms with E-state index in [4.69, 9.17) is 0 Å². The van der Waals surface area contributed by atoms with Crippen molar-refractivity contribution in [1.29, 1.82) is 0 Å². The second-order valence-corrected chi connectivity index (χ2v) is 6.67. The first kappa shape index (κ1) is 19.2. The summed E-state index contributed by atoms with van der Waals surface area (Å²) in [6, 6.07) is 4.17. The van der Waals surface area contributed by atoms with Gasteiger partial charge in [0.1, 0.15) is 0 Å². The highest BCUT2D eigenvalue weighted by Gasteiger charge is 2.30. The molecule has 5 nitrogen and oxygen atoms in total. The molecule has 0 aliphatic rings. The number of nitrogens with one attached hydrogen (secondary N) is 2. The van der Waals surface area contributed by atoms with E-state index in [9.17, 15) is 18.0 Å². The van der Waals surface area contributed by atoms with Crippen LogP contribution in [0.25, 0.3) is 0 Å². The van der Waals surface area contributed by atoms with Crippen LogP contribution in [-0.2, 0) is 12.7 Å². The van der Waals surface area contributed by atoms with Crippen LogP contribution in [-0.4, -0.2) is 29.0 Å². The quantitative estimate of drug-likeness (QED) is 0.803. The van der Waals surface area contributed by atoms with Gasteiger partial charge in [-0.2, -0.15) is 13.2 Å². The van der Waals surface area contributed by atoms with Crippen LogP contribution >= 0.6 is 11.3 Å². The molecule has 2 N–H and O–H groups in total. The lowest BCUT2D eigenvalue weighted by molar-refractivity contribution is -0.137. The summed E-state index contributed by atoms with van der Waals surface area (Å²) >= 11 is 1.26. The molecule has 0 saturated carbocycles. The molecule has 136 valence electrons. The molecule has 0 aliphatic carbocycles. The zero-order valence-corrected chi connectivity index (χ0v) is 14.8. The van der Waals surface area contributed by atoms with E-state index in [1.807, 2.05) is 12.4 Å². The maximum atomic E-state index is 12.7. The Balaban J connectivity index is 1.96. The highest BCUT2D eigenvalue weighted by molar-refractivity contribution is 7.13. The van der Waals surface area contributed by atoms with Crippen LogP contribution in [0.4, 0.5) is 28.8 Å². The van der Waals surface area contributed by atoms with Gasteiger partial charge in [0.2, 0.25) is 0 Å². The average molecular weight is 372 g/mol. The number of hydrogen-bond donors (Lipinski definition) is 2. The Morgan fingerprint density at radius 1 is 1.32 bits per heavy atom. The molecule has 0 aliphatic heterocycles. The normalized spacial score (nSPS) is 11.8. The topological polar surface area (TPSA) is 57.3 Å². The van der Waals surface area contributed by atoms with Crippen molar-refractivity contribution in [3.8, 4) is 0 Å². The monoisotopic (exact) mass is 372 g/mol. The summed E-state index contributed by atoms with van der Waals surface area (Å²) in [5.41, 5.74) is 0.0535. The lowest BCUT2D eigenvalue weighted by Gasteiger charge is -2.19. The number of rotatable bonds is 5. The van der Waals surface area contributed by atoms with E-state index < -0.39 is 17.8 Å². The number of amides is 2. The number of benzene rings is 1. The Bertz CT molecular complexity index is 730. The maximum absolute atomic E-state index is 12.7. The number of hydrogen-bond acceptors (Lipinski definition) is 4. The Labute approximate surface area is 147 Å². The minimum atomic E-state index is -4.46. The summed E-state index contributed by atoms with van der Waals surface area (Å²) in [5.74, 6) is 0. The SMILES string of the molecule is CC(C)N(C)Cc1csc(NC(=O)Nc2cccc(C(F)(F)F)c2)n1. The molecule has 0 saturated heterocycles. The van der Waals surface area contributed by atoms with Gasteiger partial charge in [-0.15, -0.1) is 11.3 Å². The van der Waals surface area contributed by atoms with Crippen LogP contribution in [0.2, 0.25) is 0 Å². The smallest absolute Gasteiger partial charge is 0.308 e.